The fraction of sp³-hybridized carbons (Fsp3) is 0.421. The molecule has 0 saturated carbocycles. The molecule has 25 heavy (non-hydrogen) atoms. The van der Waals surface area contributed by atoms with E-state index in [0.717, 1.165) is 54.5 Å². The van der Waals surface area contributed by atoms with Crippen molar-refractivity contribution in [2.75, 3.05) is 37.7 Å². The van der Waals surface area contributed by atoms with Crippen LogP contribution in [-0.4, -0.2) is 53.6 Å². The van der Waals surface area contributed by atoms with Crippen molar-refractivity contribution >= 4 is 11.7 Å². The van der Waals surface area contributed by atoms with E-state index in [1.165, 1.54) is 0 Å². The maximum Gasteiger partial charge on any atom is 0.219 e. The van der Waals surface area contributed by atoms with E-state index in [9.17, 15) is 4.79 Å². The minimum atomic E-state index is 0.103. The summed E-state index contributed by atoms with van der Waals surface area (Å²) < 4.78 is 5.49. The smallest absolute Gasteiger partial charge is 0.219 e. The molecule has 2 aliphatic rings. The van der Waals surface area contributed by atoms with Gasteiger partial charge in [-0.25, -0.2) is 9.97 Å². The number of hydrogen-bond acceptors (Lipinski definition) is 5. The van der Waals surface area contributed by atoms with Crippen molar-refractivity contribution in [3.05, 3.63) is 41.6 Å². The fourth-order valence-electron chi connectivity index (χ4n) is 3.42. The highest BCUT2D eigenvalue weighted by Crippen LogP contribution is 2.30. The van der Waals surface area contributed by atoms with Crippen LogP contribution in [0.25, 0.3) is 11.4 Å². The number of anilines is 1. The van der Waals surface area contributed by atoms with Gasteiger partial charge in [0.15, 0.2) is 5.82 Å². The van der Waals surface area contributed by atoms with Crippen molar-refractivity contribution in [1.82, 2.24) is 14.9 Å². The Labute approximate surface area is 147 Å². The van der Waals surface area contributed by atoms with Crippen LogP contribution in [0.3, 0.4) is 0 Å². The maximum atomic E-state index is 11.8. The van der Waals surface area contributed by atoms with Gasteiger partial charge in [0, 0.05) is 44.1 Å². The van der Waals surface area contributed by atoms with Crippen LogP contribution in [0.1, 0.15) is 18.2 Å². The molecule has 3 heterocycles. The van der Waals surface area contributed by atoms with Gasteiger partial charge < -0.3 is 14.5 Å². The molecule has 4 rings (SSSR count). The Morgan fingerprint density at radius 2 is 1.84 bits per heavy atom. The third kappa shape index (κ3) is 3.22. The number of carbonyl (C=O) groups is 1. The lowest BCUT2D eigenvalue weighted by Crippen LogP contribution is -2.40. The van der Waals surface area contributed by atoms with Gasteiger partial charge in [0.05, 0.1) is 25.5 Å². The van der Waals surface area contributed by atoms with Crippen molar-refractivity contribution < 1.29 is 9.53 Å². The molecule has 2 aliphatic heterocycles. The lowest BCUT2D eigenvalue weighted by atomic mass is 10.0. The quantitative estimate of drug-likeness (QED) is 0.837. The van der Waals surface area contributed by atoms with Crippen LogP contribution in [0.15, 0.2) is 30.3 Å². The zero-order valence-corrected chi connectivity index (χ0v) is 14.4. The van der Waals surface area contributed by atoms with Gasteiger partial charge >= 0.3 is 0 Å². The van der Waals surface area contributed by atoms with E-state index in [1.54, 1.807) is 6.92 Å². The Morgan fingerprint density at radius 1 is 1.08 bits per heavy atom. The number of fused-ring (bicyclic) bond motifs is 1. The Balaban J connectivity index is 1.79. The molecule has 0 radical (unpaired) electrons. The highest BCUT2D eigenvalue weighted by molar-refractivity contribution is 5.74. The molecule has 0 N–H and O–H groups in total. The molecule has 1 saturated heterocycles. The molecule has 1 aromatic heterocycles. The topological polar surface area (TPSA) is 58.6 Å². The van der Waals surface area contributed by atoms with Crippen LogP contribution in [0.5, 0.6) is 0 Å². The van der Waals surface area contributed by atoms with Gasteiger partial charge in [-0.3, -0.25) is 4.79 Å². The zero-order valence-electron chi connectivity index (χ0n) is 14.4. The highest BCUT2D eigenvalue weighted by Gasteiger charge is 2.27. The number of nitrogens with zero attached hydrogens (tertiary/aromatic N) is 4. The number of rotatable bonds is 2. The van der Waals surface area contributed by atoms with E-state index in [0.29, 0.717) is 19.8 Å². The summed E-state index contributed by atoms with van der Waals surface area (Å²) in [6.45, 7) is 5.97. The first-order valence-corrected chi connectivity index (χ1v) is 8.76. The van der Waals surface area contributed by atoms with Crippen LogP contribution >= 0.6 is 0 Å². The van der Waals surface area contributed by atoms with Crippen molar-refractivity contribution in [1.29, 1.82) is 0 Å². The van der Waals surface area contributed by atoms with Gasteiger partial charge in [0.2, 0.25) is 5.91 Å². The van der Waals surface area contributed by atoms with E-state index in [4.69, 9.17) is 14.7 Å². The van der Waals surface area contributed by atoms with E-state index in [2.05, 4.69) is 4.90 Å². The summed E-state index contributed by atoms with van der Waals surface area (Å²) in [4.78, 5) is 25.7. The fourth-order valence-corrected chi connectivity index (χ4v) is 3.42. The van der Waals surface area contributed by atoms with E-state index >= 15 is 0 Å². The molecule has 2 aromatic rings. The monoisotopic (exact) mass is 338 g/mol. The Bertz CT molecular complexity index is 772. The minimum absolute atomic E-state index is 0.103. The summed E-state index contributed by atoms with van der Waals surface area (Å²) in [5.74, 6) is 1.82. The molecule has 0 aliphatic carbocycles. The molecule has 1 amide bonds. The summed E-state index contributed by atoms with van der Waals surface area (Å²) in [5, 5.41) is 0. The molecule has 0 spiro atoms. The summed E-state index contributed by atoms with van der Waals surface area (Å²) in [6.07, 6.45) is 0.772. The standard InChI is InChI=1S/C19H22N4O2/c1-14(24)23-8-7-17-16(13-23)19(22-9-11-25-12-10-22)21-18(20-17)15-5-3-2-4-6-15/h2-6H,7-13H2,1H3. The second-order valence-electron chi connectivity index (χ2n) is 6.45. The van der Waals surface area contributed by atoms with Gasteiger partial charge in [0.25, 0.3) is 0 Å². The molecular weight excluding hydrogens is 316 g/mol. The van der Waals surface area contributed by atoms with E-state index < -0.39 is 0 Å². The van der Waals surface area contributed by atoms with Gasteiger partial charge in [-0.05, 0) is 0 Å². The van der Waals surface area contributed by atoms with Crippen molar-refractivity contribution in [3.63, 3.8) is 0 Å². The number of morpholine rings is 1. The average Bonchev–Trinajstić information content (AvgIpc) is 2.68. The number of benzene rings is 1. The normalized spacial score (nSPS) is 17.3. The molecule has 0 unspecified atom stereocenters. The molecular formula is C19H22N4O2. The molecule has 0 atom stereocenters. The van der Waals surface area contributed by atoms with E-state index in [-0.39, 0.29) is 5.91 Å². The van der Waals surface area contributed by atoms with Crippen LogP contribution in [0, 0.1) is 0 Å². The van der Waals surface area contributed by atoms with Crippen LogP contribution in [0.2, 0.25) is 0 Å². The third-order valence-electron chi connectivity index (χ3n) is 4.83. The number of hydrogen-bond donors (Lipinski definition) is 0. The second kappa shape index (κ2) is 6.80. The van der Waals surface area contributed by atoms with Gasteiger partial charge in [-0.15, -0.1) is 0 Å². The number of carbonyl (C=O) groups excluding carboxylic acids is 1. The lowest BCUT2D eigenvalue weighted by Gasteiger charge is -2.34. The summed E-state index contributed by atoms with van der Waals surface area (Å²) in [7, 11) is 0. The first-order valence-electron chi connectivity index (χ1n) is 8.76. The first kappa shape index (κ1) is 16.0. The molecule has 130 valence electrons. The zero-order chi connectivity index (χ0) is 17.2. The van der Waals surface area contributed by atoms with Crippen molar-refractivity contribution in [2.24, 2.45) is 0 Å². The predicted molar refractivity (Wildman–Crippen MR) is 95.3 cm³/mol. The summed E-state index contributed by atoms with van der Waals surface area (Å²) in [6, 6.07) is 10.1. The van der Waals surface area contributed by atoms with Crippen molar-refractivity contribution in [3.8, 4) is 11.4 Å². The molecule has 1 aromatic carbocycles. The number of amides is 1. The molecule has 0 bridgehead atoms. The third-order valence-corrected chi connectivity index (χ3v) is 4.83. The minimum Gasteiger partial charge on any atom is -0.378 e. The maximum absolute atomic E-state index is 11.8. The van der Waals surface area contributed by atoms with Gasteiger partial charge in [-0.2, -0.15) is 0 Å². The van der Waals surface area contributed by atoms with Crippen molar-refractivity contribution in [2.45, 2.75) is 19.9 Å². The summed E-state index contributed by atoms with van der Waals surface area (Å²) >= 11 is 0. The Hall–Kier alpha value is -2.47. The number of ether oxygens (including phenoxy) is 1. The molecule has 6 nitrogen and oxygen atoms in total. The average molecular weight is 338 g/mol. The Kier molecular flexibility index (Phi) is 4.36. The SMILES string of the molecule is CC(=O)N1CCc2nc(-c3ccccc3)nc(N3CCOCC3)c2C1. The lowest BCUT2D eigenvalue weighted by molar-refractivity contribution is -0.129. The second-order valence-corrected chi connectivity index (χ2v) is 6.45. The summed E-state index contributed by atoms with van der Waals surface area (Å²) in [5.41, 5.74) is 3.17. The first-order chi connectivity index (χ1) is 12.2. The predicted octanol–water partition coefficient (Wildman–Crippen LogP) is 1.88. The number of aromatic nitrogens is 2. The van der Waals surface area contributed by atoms with E-state index in [1.807, 2.05) is 35.2 Å². The van der Waals surface area contributed by atoms with Gasteiger partial charge in [-0.1, -0.05) is 30.3 Å². The Morgan fingerprint density at radius 3 is 2.56 bits per heavy atom. The van der Waals surface area contributed by atoms with Gasteiger partial charge in [0.1, 0.15) is 5.82 Å². The van der Waals surface area contributed by atoms with Crippen LogP contribution in [0.4, 0.5) is 5.82 Å². The van der Waals surface area contributed by atoms with Crippen LogP contribution in [-0.2, 0) is 22.5 Å². The highest BCUT2D eigenvalue weighted by atomic mass is 16.5. The largest absolute Gasteiger partial charge is 0.378 e. The molecule has 6 heteroatoms. The van der Waals surface area contributed by atoms with Crippen LogP contribution < -0.4 is 4.90 Å². The molecule has 1 fully saturated rings.